The predicted octanol–water partition coefficient (Wildman–Crippen LogP) is 3.51. The average Bonchev–Trinajstić information content (AvgIpc) is 2.54. The summed E-state index contributed by atoms with van der Waals surface area (Å²) < 4.78 is 10.5. The van der Waals surface area contributed by atoms with Crippen LogP contribution in [0.5, 0.6) is 5.75 Å². The number of benzene rings is 2. The number of carbonyl (C=O) groups is 1. The van der Waals surface area contributed by atoms with Crippen molar-refractivity contribution in [2.75, 3.05) is 7.11 Å². The summed E-state index contributed by atoms with van der Waals surface area (Å²) >= 11 is 6.09. The number of hydrogen-bond acceptors (Lipinski definition) is 4. The number of carbonyl (C=O) groups excluding carboxylic acids is 1. The van der Waals surface area contributed by atoms with E-state index in [4.69, 9.17) is 26.2 Å². The molecule has 5 heteroatoms. The molecule has 0 saturated carbocycles. The number of aryl methyl sites for hydroxylation is 1. The molecule has 22 heavy (non-hydrogen) atoms. The Morgan fingerprint density at radius 3 is 2.36 bits per heavy atom. The van der Waals surface area contributed by atoms with Crippen LogP contribution in [0.2, 0.25) is 5.02 Å². The van der Waals surface area contributed by atoms with Crippen molar-refractivity contribution in [2.24, 2.45) is 0 Å². The second-order valence-electron chi connectivity index (χ2n) is 4.82. The Labute approximate surface area is 134 Å². The lowest BCUT2D eigenvalue weighted by molar-refractivity contribution is 0.0469. The lowest BCUT2D eigenvalue weighted by atomic mass is 10.1. The lowest BCUT2D eigenvalue weighted by Crippen LogP contribution is -2.09. The molecule has 4 nitrogen and oxygen atoms in total. The summed E-state index contributed by atoms with van der Waals surface area (Å²) in [6, 6.07) is 10.6. The van der Waals surface area contributed by atoms with E-state index in [2.05, 4.69) is 0 Å². The zero-order valence-electron chi connectivity index (χ0n) is 12.4. The fraction of sp³-hybridized carbons (Fsp3) is 0.235. The van der Waals surface area contributed by atoms with E-state index in [1.165, 1.54) is 7.11 Å². The van der Waals surface area contributed by atoms with Gasteiger partial charge in [0, 0.05) is 0 Å². The minimum Gasteiger partial charge on any atom is -0.496 e. The monoisotopic (exact) mass is 320 g/mol. The maximum absolute atomic E-state index is 12.3. The van der Waals surface area contributed by atoms with Crippen LogP contribution in [0.3, 0.4) is 0 Å². The highest BCUT2D eigenvalue weighted by Crippen LogP contribution is 2.30. The van der Waals surface area contributed by atoms with Crippen LogP contribution in [0.25, 0.3) is 0 Å². The van der Waals surface area contributed by atoms with E-state index in [0.717, 1.165) is 16.7 Å². The minimum absolute atomic E-state index is 0.0177. The van der Waals surface area contributed by atoms with Crippen LogP contribution in [0, 0.1) is 6.92 Å². The van der Waals surface area contributed by atoms with Gasteiger partial charge in [-0.1, -0.05) is 41.9 Å². The van der Waals surface area contributed by atoms with E-state index >= 15 is 0 Å². The molecule has 2 aromatic carbocycles. The van der Waals surface area contributed by atoms with E-state index in [-0.39, 0.29) is 18.8 Å². The van der Waals surface area contributed by atoms with Crippen LogP contribution in [0.15, 0.2) is 36.4 Å². The van der Waals surface area contributed by atoms with E-state index in [1.807, 2.05) is 6.92 Å². The van der Waals surface area contributed by atoms with Gasteiger partial charge < -0.3 is 14.6 Å². The second kappa shape index (κ2) is 7.29. The van der Waals surface area contributed by atoms with Crippen molar-refractivity contribution in [1.82, 2.24) is 0 Å². The zero-order valence-corrected chi connectivity index (χ0v) is 13.2. The van der Waals surface area contributed by atoms with Crippen molar-refractivity contribution in [3.63, 3.8) is 0 Å². The quantitative estimate of drug-likeness (QED) is 0.857. The Balaban J connectivity index is 2.14. The number of esters is 1. The summed E-state index contributed by atoms with van der Waals surface area (Å²) in [7, 11) is 1.49. The molecule has 0 heterocycles. The number of ether oxygens (including phenoxy) is 2. The van der Waals surface area contributed by atoms with Gasteiger partial charge in [-0.25, -0.2) is 4.79 Å². The van der Waals surface area contributed by atoms with Crippen molar-refractivity contribution in [3.8, 4) is 5.75 Å². The summed E-state index contributed by atoms with van der Waals surface area (Å²) in [5.41, 5.74) is 2.68. The molecule has 0 saturated heterocycles. The molecular weight excluding hydrogens is 304 g/mol. The van der Waals surface area contributed by atoms with Crippen LogP contribution in [-0.4, -0.2) is 18.2 Å². The molecule has 0 bridgehead atoms. The van der Waals surface area contributed by atoms with Gasteiger partial charge in [0.25, 0.3) is 0 Å². The molecule has 1 N–H and O–H groups in total. The smallest absolute Gasteiger partial charge is 0.343 e. The fourth-order valence-corrected chi connectivity index (χ4v) is 2.30. The van der Waals surface area contributed by atoms with Crippen LogP contribution in [0.4, 0.5) is 0 Å². The third-order valence-corrected chi connectivity index (χ3v) is 3.60. The van der Waals surface area contributed by atoms with Gasteiger partial charge >= 0.3 is 5.97 Å². The molecule has 0 unspecified atom stereocenters. The van der Waals surface area contributed by atoms with Crippen molar-refractivity contribution < 1.29 is 19.4 Å². The summed E-state index contributed by atoms with van der Waals surface area (Å²) in [6.07, 6.45) is 0. The highest BCUT2D eigenvalue weighted by atomic mass is 35.5. The number of rotatable bonds is 5. The van der Waals surface area contributed by atoms with Crippen molar-refractivity contribution in [3.05, 3.63) is 63.7 Å². The Morgan fingerprint density at radius 1 is 1.14 bits per heavy atom. The van der Waals surface area contributed by atoms with Crippen molar-refractivity contribution in [2.45, 2.75) is 20.1 Å². The lowest BCUT2D eigenvalue weighted by Gasteiger charge is -2.12. The van der Waals surface area contributed by atoms with Gasteiger partial charge in [0.2, 0.25) is 0 Å². The van der Waals surface area contributed by atoms with Crippen LogP contribution in [0.1, 0.15) is 27.0 Å². The standard InChI is InChI=1S/C17H17ClO4/c1-11-3-8-14(18)15(16(11)21-2)17(20)22-10-13-6-4-12(9-19)5-7-13/h3-8,19H,9-10H2,1-2H3. The molecule has 0 aliphatic carbocycles. The molecule has 0 aliphatic rings. The number of aliphatic hydroxyl groups is 1. The zero-order chi connectivity index (χ0) is 16.1. The molecule has 0 radical (unpaired) electrons. The van der Waals surface area contributed by atoms with Gasteiger partial charge in [0.15, 0.2) is 0 Å². The van der Waals surface area contributed by atoms with Gasteiger partial charge in [0.1, 0.15) is 17.9 Å². The minimum atomic E-state index is -0.531. The normalized spacial score (nSPS) is 10.4. The molecule has 2 aromatic rings. The van der Waals surface area contributed by atoms with Crippen LogP contribution >= 0.6 is 11.6 Å². The molecule has 2 rings (SSSR count). The second-order valence-corrected chi connectivity index (χ2v) is 5.23. The van der Waals surface area contributed by atoms with Crippen molar-refractivity contribution >= 4 is 17.6 Å². The molecular formula is C17H17ClO4. The average molecular weight is 321 g/mol. The summed E-state index contributed by atoms with van der Waals surface area (Å²) in [4.78, 5) is 12.3. The Bertz CT molecular complexity index is 665. The summed E-state index contributed by atoms with van der Waals surface area (Å²) in [6.45, 7) is 1.94. The molecule has 0 amide bonds. The van der Waals surface area contributed by atoms with Gasteiger partial charge in [-0.15, -0.1) is 0 Å². The highest BCUT2D eigenvalue weighted by Gasteiger charge is 2.20. The number of halogens is 1. The molecule has 0 fully saturated rings. The van der Waals surface area contributed by atoms with Gasteiger partial charge in [-0.2, -0.15) is 0 Å². The molecule has 0 aliphatic heterocycles. The number of aliphatic hydroxyl groups excluding tert-OH is 1. The van der Waals surface area contributed by atoms with Crippen molar-refractivity contribution in [1.29, 1.82) is 0 Å². The van der Waals surface area contributed by atoms with E-state index in [9.17, 15) is 4.79 Å². The summed E-state index contributed by atoms with van der Waals surface area (Å²) in [5.74, 6) is -0.107. The van der Waals surface area contributed by atoms with E-state index in [0.29, 0.717) is 10.8 Å². The van der Waals surface area contributed by atoms with Gasteiger partial charge in [-0.3, -0.25) is 0 Å². The Morgan fingerprint density at radius 2 is 1.77 bits per heavy atom. The van der Waals surface area contributed by atoms with Crippen LogP contribution < -0.4 is 4.74 Å². The number of methoxy groups -OCH3 is 1. The highest BCUT2D eigenvalue weighted by molar-refractivity contribution is 6.34. The van der Waals surface area contributed by atoms with Gasteiger partial charge in [-0.05, 0) is 29.7 Å². The maximum Gasteiger partial charge on any atom is 0.343 e. The molecule has 0 spiro atoms. The third-order valence-electron chi connectivity index (χ3n) is 3.29. The molecule has 0 aromatic heterocycles. The first-order valence-corrected chi connectivity index (χ1v) is 7.13. The first-order chi connectivity index (χ1) is 10.6. The third kappa shape index (κ3) is 3.59. The molecule has 116 valence electrons. The first kappa shape index (κ1) is 16.3. The largest absolute Gasteiger partial charge is 0.496 e. The number of hydrogen-bond donors (Lipinski definition) is 1. The first-order valence-electron chi connectivity index (χ1n) is 6.75. The fourth-order valence-electron chi connectivity index (χ4n) is 2.08. The SMILES string of the molecule is COc1c(C)ccc(Cl)c1C(=O)OCc1ccc(CO)cc1. The van der Waals surface area contributed by atoms with E-state index < -0.39 is 5.97 Å². The Kier molecular flexibility index (Phi) is 5.41. The maximum atomic E-state index is 12.3. The van der Waals surface area contributed by atoms with Gasteiger partial charge in [0.05, 0.1) is 18.7 Å². The van der Waals surface area contributed by atoms with E-state index in [1.54, 1.807) is 36.4 Å². The Hall–Kier alpha value is -2.04. The molecule has 0 atom stereocenters. The predicted molar refractivity (Wildman–Crippen MR) is 84.2 cm³/mol. The van der Waals surface area contributed by atoms with Crippen LogP contribution in [-0.2, 0) is 18.0 Å². The summed E-state index contributed by atoms with van der Waals surface area (Å²) in [5, 5.41) is 9.29. The topological polar surface area (TPSA) is 55.8 Å².